The molecule has 1 N–H and O–H groups in total. The molecule has 0 aliphatic heterocycles. The number of hydrogen-bond donors (Lipinski definition) is 1. The SMILES string of the molecule is CCN(C(=O)c1cccc(NC(=O)/C=C/c2ccccc2Cl)c1)c1ccccc1. The molecule has 3 aromatic rings. The van der Waals surface area contributed by atoms with E-state index in [1.165, 1.54) is 6.08 Å². The molecule has 0 heterocycles. The lowest BCUT2D eigenvalue weighted by Crippen LogP contribution is -2.30. The Balaban J connectivity index is 1.73. The Morgan fingerprint density at radius 3 is 2.41 bits per heavy atom. The average Bonchev–Trinajstić information content (AvgIpc) is 2.74. The molecule has 4 nitrogen and oxygen atoms in total. The van der Waals surface area contributed by atoms with Gasteiger partial charge in [-0.25, -0.2) is 0 Å². The van der Waals surface area contributed by atoms with Gasteiger partial charge in [0.15, 0.2) is 0 Å². The van der Waals surface area contributed by atoms with Crippen LogP contribution in [0.2, 0.25) is 5.02 Å². The van der Waals surface area contributed by atoms with Crippen LogP contribution in [0.5, 0.6) is 0 Å². The average molecular weight is 405 g/mol. The fourth-order valence-electron chi connectivity index (χ4n) is 2.90. The highest BCUT2D eigenvalue weighted by molar-refractivity contribution is 6.32. The lowest BCUT2D eigenvalue weighted by atomic mass is 10.1. The van der Waals surface area contributed by atoms with Crippen LogP contribution >= 0.6 is 11.6 Å². The highest BCUT2D eigenvalue weighted by atomic mass is 35.5. The van der Waals surface area contributed by atoms with Crippen molar-refractivity contribution in [3.8, 4) is 0 Å². The van der Waals surface area contributed by atoms with Crippen LogP contribution < -0.4 is 10.2 Å². The zero-order chi connectivity index (χ0) is 20.6. The van der Waals surface area contributed by atoms with Crippen LogP contribution in [0.1, 0.15) is 22.8 Å². The number of rotatable bonds is 6. The van der Waals surface area contributed by atoms with Gasteiger partial charge in [0.1, 0.15) is 0 Å². The molecule has 3 aromatic carbocycles. The largest absolute Gasteiger partial charge is 0.322 e. The van der Waals surface area contributed by atoms with Gasteiger partial charge in [0.25, 0.3) is 5.91 Å². The zero-order valence-electron chi connectivity index (χ0n) is 16.0. The number of nitrogens with zero attached hydrogens (tertiary/aromatic N) is 1. The Morgan fingerprint density at radius 1 is 0.966 bits per heavy atom. The Labute approximate surface area is 175 Å². The van der Waals surface area contributed by atoms with Crippen molar-refractivity contribution in [2.24, 2.45) is 0 Å². The summed E-state index contributed by atoms with van der Waals surface area (Å²) >= 11 is 6.09. The van der Waals surface area contributed by atoms with Crippen LogP contribution in [-0.4, -0.2) is 18.4 Å². The van der Waals surface area contributed by atoms with E-state index in [4.69, 9.17) is 11.6 Å². The van der Waals surface area contributed by atoms with Crippen molar-refractivity contribution in [3.63, 3.8) is 0 Å². The smallest absolute Gasteiger partial charge is 0.258 e. The third-order valence-electron chi connectivity index (χ3n) is 4.33. The zero-order valence-corrected chi connectivity index (χ0v) is 16.8. The molecule has 146 valence electrons. The second kappa shape index (κ2) is 9.71. The standard InChI is InChI=1S/C24H21ClN2O2/c1-2-27(21-12-4-3-5-13-21)24(29)19-10-8-11-20(17-19)26-23(28)16-15-18-9-6-7-14-22(18)25/h3-17H,2H2,1H3,(H,26,28)/b16-15+. The molecule has 0 bridgehead atoms. The normalized spacial score (nSPS) is 10.7. The Bertz CT molecular complexity index is 1030. The first-order valence-corrected chi connectivity index (χ1v) is 9.67. The fraction of sp³-hybridized carbons (Fsp3) is 0.0833. The third-order valence-corrected chi connectivity index (χ3v) is 4.67. The number of carbonyl (C=O) groups is 2. The number of carbonyl (C=O) groups excluding carboxylic acids is 2. The van der Waals surface area contributed by atoms with E-state index in [-0.39, 0.29) is 11.8 Å². The number of anilines is 2. The predicted octanol–water partition coefficient (Wildman–Crippen LogP) is 5.66. The predicted molar refractivity (Wildman–Crippen MR) is 119 cm³/mol. The molecule has 2 amide bonds. The van der Waals surface area contributed by atoms with Crippen LogP contribution in [0.15, 0.2) is 84.9 Å². The summed E-state index contributed by atoms with van der Waals surface area (Å²) in [5.74, 6) is -0.425. The summed E-state index contributed by atoms with van der Waals surface area (Å²) in [5.41, 5.74) is 2.64. The quantitative estimate of drug-likeness (QED) is 0.539. The van der Waals surface area contributed by atoms with E-state index in [1.807, 2.05) is 55.5 Å². The van der Waals surface area contributed by atoms with Crippen molar-refractivity contribution in [1.29, 1.82) is 0 Å². The van der Waals surface area contributed by atoms with Crippen molar-refractivity contribution in [1.82, 2.24) is 0 Å². The summed E-state index contributed by atoms with van der Waals surface area (Å²) in [6.45, 7) is 2.47. The number of hydrogen-bond acceptors (Lipinski definition) is 2. The van der Waals surface area contributed by atoms with Gasteiger partial charge in [-0.15, -0.1) is 0 Å². The van der Waals surface area contributed by atoms with Crippen molar-refractivity contribution < 1.29 is 9.59 Å². The third kappa shape index (κ3) is 5.33. The molecule has 0 fully saturated rings. The first kappa shape index (κ1) is 20.4. The van der Waals surface area contributed by atoms with Gasteiger partial charge in [-0.05, 0) is 55.0 Å². The van der Waals surface area contributed by atoms with Gasteiger partial charge in [0, 0.05) is 34.6 Å². The molecule has 0 unspecified atom stereocenters. The van der Waals surface area contributed by atoms with Gasteiger partial charge in [-0.2, -0.15) is 0 Å². The summed E-state index contributed by atoms with van der Waals surface area (Å²) in [5, 5.41) is 3.36. The molecular weight excluding hydrogens is 384 g/mol. The topological polar surface area (TPSA) is 49.4 Å². The maximum absolute atomic E-state index is 12.9. The molecule has 0 aliphatic carbocycles. The molecule has 0 saturated heterocycles. The summed E-state index contributed by atoms with van der Waals surface area (Å²) in [6, 6.07) is 23.7. The van der Waals surface area contributed by atoms with E-state index in [1.54, 1.807) is 41.3 Å². The molecule has 0 aliphatic rings. The first-order valence-electron chi connectivity index (χ1n) is 9.29. The number of amides is 2. The molecular formula is C24H21ClN2O2. The number of benzene rings is 3. The summed E-state index contributed by atoms with van der Waals surface area (Å²) in [4.78, 5) is 26.9. The van der Waals surface area contributed by atoms with Crippen molar-refractivity contribution in [2.75, 3.05) is 16.8 Å². The van der Waals surface area contributed by atoms with Crippen molar-refractivity contribution in [3.05, 3.63) is 101 Å². The Hall–Kier alpha value is -3.37. The number of nitrogens with one attached hydrogen (secondary N) is 1. The van der Waals surface area contributed by atoms with E-state index in [0.29, 0.717) is 22.8 Å². The maximum atomic E-state index is 12.9. The van der Waals surface area contributed by atoms with E-state index in [2.05, 4.69) is 5.32 Å². The Kier molecular flexibility index (Phi) is 6.82. The van der Waals surface area contributed by atoms with Crippen LogP contribution in [0.4, 0.5) is 11.4 Å². The van der Waals surface area contributed by atoms with Gasteiger partial charge < -0.3 is 10.2 Å². The lowest BCUT2D eigenvalue weighted by Gasteiger charge is -2.21. The molecule has 0 atom stereocenters. The highest BCUT2D eigenvalue weighted by Crippen LogP contribution is 2.19. The van der Waals surface area contributed by atoms with Crippen LogP contribution in [0, 0.1) is 0 Å². The minimum atomic E-state index is -0.301. The van der Waals surface area contributed by atoms with Gasteiger partial charge in [0.05, 0.1) is 0 Å². The number of para-hydroxylation sites is 1. The molecule has 0 saturated carbocycles. The van der Waals surface area contributed by atoms with Crippen LogP contribution in [0.3, 0.4) is 0 Å². The molecule has 5 heteroatoms. The minimum absolute atomic E-state index is 0.124. The second-order valence-corrected chi connectivity index (χ2v) is 6.72. The van der Waals surface area contributed by atoms with Gasteiger partial charge in [-0.1, -0.05) is 54.1 Å². The van der Waals surface area contributed by atoms with Crippen LogP contribution in [-0.2, 0) is 4.79 Å². The maximum Gasteiger partial charge on any atom is 0.258 e. The van der Waals surface area contributed by atoms with E-state index in [9.17, 15) is 9.59 Å². The van der Waals surface area contributed by atoms with E-state index in [0.717, 1.165) is 11.3 Å². The summed E-state index contributed by atoms with van der Waals surface area (Å²) < 4.78 is 0. The number of halogens is 1. The Morgan fingerprint density at radius 2 is 1.69 bits per heavy atom. The summed E-state index contributed by atoms with van der Waals surface area (Å²) in [7, 11) is 0. The van der Waals surface area contributed by atoms with Gasteiger partial charge >= 0.3 is 0 Å². The molecule has 0 radical (unpaired) electrons. The molecule has 3 rings (SSSR count). The second-order valence-electron chi connectivity index (χ2n) is 6.31. The first-order chi connectivity index (χ1) is 14.1. The van der Waals surface area contributed by atoms with Gasteiger partial charge in [-0.3, -0.25) is 9.59 Å². The van der Waals surface area contributed by atoms with Crippen molar-refractivity contribution in [2.45, 2.75) is 6.92 Å². The fourth-order valence-corrected chi connectivity index (χ4v) is 3.10. The summed E-state index contributed by atoms with van der Waals surface area (Å²) in [6.07, 6.45) is 3.07. The van der Waals surface area contributed by atoms with Crippen LogP contribution in [0.25, 0.3) is 6.08 Å². The van der Waals surface area contributed by atoms with Gasteiger partial charge in [0.2, 0.25) is 5.91 Å². The lowest BCUT2D eigenvalue weighted by molar-refractivity contribution is -0.111. The van der Waals surface area contributed by atoms with E-state index < -0.39 is 0 Å². The highest BCUT2D eigenvalue weighted by Gasteiger charge is 2.16. The molecule has 29 heavy (non-hydrogen) atoms. The van der Waals surface area contributed by atoms with E-state index >= 15 is 0 Å². The van der Waals surface area contributed by atoms with Crippen molar-refractivity contribution >= 4 is 40.9 Å². The molecule has 0 aromatic heterocycles. The minimum Gasteiger partial charge on any atom is -0.322 e. The molecule has 0 spiro atoms. The monoisotopic (exact) mass is 404 g/mol.